The first kappa shape index (κ1) is 79.6. The normalized spacial score (nSPS) is 51.3. The van der Waals surface area contributed by atoms with Crippen LogP contribution in [0.25, 0.3) is 0 Å². The van der Waals surface area contributed by atoms with Crippen molar-refractivity contribution >= 4 is 5.97 Å². The van der Waals surface area contributed by atoms with Gasteiger partial charge in [-0.15, -0.1) is 0 Å². The van der Waals surface area contributed by atoms with E-state index >= 15 is 0 Å². The molecule has 41 atom stereocenters. The van der Waals surface area contributed by atoms with Crippen LogP contribution in [-0.4, -0.2) is 403 Å². The summed E-state index contributed by atoms with van der Waals surface area (Å²) < 4.78 is 89.0. The SMILES string of the molecule is CC1O[C@@H](O[C@@H]2C(CO)O[C@@H](OC3C(O[C@@H]4C(O)[C@H](O[C@@H]5C(CO)O[C@@H](O[C@@H]6C(CO)O[C@@H](C)[C@@H](C)C6O)[C@@H](C)C5O)OC(CO[C@H]5OC(CO)[C@@H](O)C(O)[C@H]5O)[C@H]4O)O[C@H](CO)[C@@H](O)C3O)[C@@H](C)C2O)[C@@H](O)C(O[C@]2(C(=O)O)C[C@@H](O)[C@@H](N)C(C(O)[C@H](O)CO)O2)[C@H]1C(O)O. The summed E-state index contributed by atoms with van der Waals surface area (Å²) in [5, 5.41) is 251. The van der Waals surface area contributed by atoms with Gasteiger partial charge in [-0.2, -0.15) is 0 Å². The molecule has 0 bridgehead atoms. The number of aliphatic hydroxyl groups excluding tert-OH is 21. The molecular weight excluding hydrogens is 1310 g/mol. The predicted molar refractivity (Wildman–Crippen MR) is 301 cm³/mol. The largest absolute Gasteiger partial charge is 0.477 e. The zero-order valence-electron chi connectivity index (χ0n) is 52.7. The van der Waals surface area contributed by atoms with E-state index in [4.69, 9.17) is 76.8 Å². The number of carboxylic acid groups (broad SMARTS) is 1. The molecule has 0 aromatic carbocycles. The van der Waals surface area contributed by atoms with Crippen LogP contribution >= 0.6 is 0 Å². The van der Waals surface area contributed by atoms with Gasteiger partial charge in [0.25, 0.3) is 5.79 Å². The minimum Gasteiger partial charge on any atom is -0.477 e. The van der Waals surface area contributed by atoms with Crippen LogP contribution in [0.1, 0.15) is 41.0 Å². The Balaban J connectivity index is 1.03. The van der Waals surface area contributed by atoms with Crippen LogP contribution in [0.3, 0.4) is 0 Å². The van der Waals surface area contributed by atoms with Gasteiger partial charge in [0, 0.05) is 24.2 Å². The highest BCUT2D eigenvalue weighted by molar-refractivity contribution is 5.76. The molecule has 8 aliphatic rings. The second kappa shape index (κ2) is 33.6. The number of rotatable bonds is 25. The van der Waals surface area contributed by atoms with Gasteiger partial charge >= 0.3 is 5.97 Å². The fourth-order valence-corrected chi connectivity index (χ4v) is 13.2. The Morgan fingerprint density at radius 3 is 1.40 bits per heavy atom. The summed E-state index contributed by atoms with van der Waals surface area (Å²) in [6, 6.07) is -1.61. The third-order valence-electron chi connectivity index (χ3n) is 19.5. The summed E-state index contributed by atoms with van der Waals surface area (Å²) in [5.41, 5.74) is 6.00. The van der Waals surface area contributed by atoms with Gasteiger partial charge in [-0.1, -0.05) is 20.8 Å². The lowest BCUT2D eigenvalue weighted by Crippen LogP contribution is -2.69. The van der Waals surface area contributed by atoms with E-state index in [2.05, 4.69) is 0 Å². The third kappa shape index (κ3) is 16.3. The van der Waals surface area contributed by atoms with E-state index < -0.39 is 315 Å². The van der Waals surface area contributed by atoms with E-state index in [1.54, 1.807) is 13.8 Å². The van der Waals surface area contributed by atoms with Gasteiger partial charge < -0.3 is 194 Å². The molecule has 0 saturated carbocycles. The van der Waals surface area contributed by atoms with Crippen molar-refractivity contribution < 1.29 is 193 Å². The molecule has 8 aliphatic heterocycles. The monoisotopic (exact) mass is 1410 g/mol. The lowest BCUT2D eigenvalue weighted by atomic mass is 9.86. The average molecular weight is 1410 g/mol. The summed E-state index contributed by atoms with van der Waals surface area (Å²) in [6.07, 6.45) is -67.3. The van der Waals surface area contributed by atoms with E-state index in [0.29, 0.717) is 0 Å². The van der Waals surface area contributed by atoms with Crippen molar-refractivity contribution in [1.29, 1.82) is 0 Å². The topological polar surface area (TPSA) is 647 Å². The van der Waals surface area contributed by atoms with E-state index in [-0.39, 0.29) is 0 Å². The third-order valence-corrected chi connectivity index (χ3v) is 19.5. The summed E-state index contributed by atoms with van der Waals surface area (Å²) in [4.78, 5) is 13.0. The van der Waals surface area contributed by atoms with Crippen LogP contribution in [0.2, 0.25) is 0 Å². The van der Waals surface area contributed by atoms with Crippen LogP contribution in [0.4, 0.5) is 0 Å². The van der Waals surface area contributed by atoms with Crippen molar-refractivity contribution in [2.24, 2.45) is 29.4 Å². The molecule has 40 nitrogen and oxygen atoms in total. The van der Waals surface area contributed by atoms with Gasteiger partial charge in [0.15, 0.2) is 44.0 Å². The van der Waals surface area contributed by atoms with Crippen LogP contribution in [0, 0.1) is 23.7 Å². The highest BCUT2D eigenvalue weighted by Crippen LogP contribution is 2.43. The minimum atomic E-state index is -3.11. The average Bonchev–Trinajstić information content (AvgIpc) is 0.759. The van der Waals surface area contributed by atoms with E-state index in [9.17, 15) is 122 Å². The fraction of sp³-hybridized carbons (Fsp3) is 0.982. The molecule has 0 amide bonds. The van der Waals surface area contributed by atoms with Gasteiger partial charge in [0.05, 0.1) is 94.8 Å². The molecule has 560 valence electrons. The first-order valence-corrected chi connectivity index (χ1v) is 31.6. The molecule has 40 heteroatoms. The van der Waals surface area contributed by atoms with Gasteiger partial charge in [-0.25, -0.2) is 4.79 Å². The summed E-state index contributed by atoms with van der Waals surface area (Å²) in [7, 11) is 0. The lowest BCUT2D eigenvalue weighted by molar-refractivity contribution is -0.403. The van der Waals surface area contributed by atoms with Crippen LogP contribution < -0.4 is 5.73 Å². The Bertz CT molecular complexity index is 2390. The highest BCUT2D eigenvalue weighted by Gasteiger charge is 2.62. The number of nitrogens with two attached hydrogens (primary N) is 1. The van der Waals surface area contributed by atoms with Gasteiger partial charge in [0.2, 0.25) is 0 Å². The van der Waals surface area contributed by atoms with Crippen LogP contribution in [0.5, 0.6) is 0 Å². The Kier molecular flexibility index (Phi) is 27.9. The first-order valence-electron chi connectivity index (χ1n) is 31.6. The van der Waals surface area contributed by atoms with Crippen molar-refractivity contribution in [3.05, 3.63) is 0 Å². The molecule has 0 radical (unpaired) electrons. The molecule has 96 heavy (non-hydrogen) atoms. The van der Waals surface area contributed by atoms with E-state index in [0.717, 1.165) is 0 Å². The Morgan fingerprint density at radius 2 is 0.885 bits per heavy atom. The quantitative estimate of drug-likeness (QED) is 0.0377. The number of carboxylic acids is 1. The maximum absolute atomic E-state index is 13.0. The number of aliphatic carboxylic acids is 1. The van der Waals surface area contributed by atoms with Gasteiger partial charge in [-0.05, 0) is 13.8 Å². The second-order valence-electron chi connectivity index (χ2n) is 25.8. The van der Waals surface area contributed by atoms with Crippen LogP contribution in [-0.2, 0) is 75.8 Å². The van der Waals surface area contributed by atoms with Crippen molar-refractivity contribution in [2.75, 3.05) is 46.2 Å². The zero-order chi connectivity index (χ0) is 71.0. The number of hydrogen-bond donors (Lipinski definition) is 24. The first-order chi connectivity index (χ1) is 45.2. The van der Waals surface area contributed by atoms with Crippen molar-refractivity contribution in [1.82, 2.24) is 0 Å². The van der Waals surface area contributed by atoms with E-state index in [1.165, 1.54) is 20.8 Å². The standard InChI is InChI=1S/C56H97NO39/c1-14-17(4)83-23(10-61)41(29(14)66)90-49-15(2)30(67)43(25(12-63)87-49)92-53-40(77)46(35(72)26(89-53)13-82-51-38(75)36(73)33(70)21(8-59)85-51)93-54-47(37(74)34(71)22(9-60)86-54)94-50-16(3)31(68)42(24(11-62)88-50)91-52-39(76)44(27(48(78)79)18(5)84-52)95-56(55(80)81)6-19(64)28(57)45(96-56)32(69)20(65)7-58/h14-54,58-79H,6-13,57H2,1-5H3,(H,80,81)/t14-,15+,16+,17+,18?,19-,20-,21?,22-,23?,24?,25?,26?,27+,28-,29?,30?,31?,32?,33-,34-,35-,36?,37?,38-,39+,40?,41-,42-,43-,44?,45?,46+,47?,49+,50+,51+,52+,53+,54?,56-/m1/s1. The van der Waals surface area contributed by atoms with Crippen molar-refractivity contribution in [2.45, 2.75) is 274 Å². The maximum Gasteiger partial charge on any atom is 0.364 e. The second-order valence-corrected chi connectivity index (χ2v) is 25.8. The fourth-order valence-electron chi connectivity index (χ4n) is 13.2. The minimum absolute atomic E-state index is 0.505. The lowest BCUT2D eigenvalue weighted by Gasteiger charge is -2.52. The predicted octanol–water partition coefficient (Wildman–Crippen LogP) is -13.8. The van der Waals surface area contributed by atoms with Crippen molar-refractivity contribution in [3.63, 3.8) is 0 Å². The molecule has 0 aromatic heterocycles. The molecule has 0 spiro atoms. The van der Waals surface area contributed by atoms with Gasteiger partial charge in [-0.3, -0.25) is 0 Å². The summed E-state index contributed by atoms with van der Waals surface area (Å²) in [5.74, 6) is -9.97. The molecule has 17 unspecified atom stereocenters. The molecule has 8 heterocycles. The highest BCUT2D eigenvalue weighted by atomic mass is 16.8. The molecule has 0 aromatic rings. The maximum atomic E-state index is 13.0. The molecule has 25 N–H and O–H groups in total. The van der Waals surface area contributed by atoms with Crippen LogP contribution in [0.15, 0.2) is 0 Å². The molecule has 8 fully saturated rings. The number of aliphatic hydroxyl groups is 22. The smallest absolute Gasteiger partial charge is 0.364 e. The van der Waals surface area contributed by atoms with Crippen molar-refractivity contribution in [3.8, 4) is 0 Å². The Hall–Kier alpha value is -2.05. The number of hydrogen-bond acceptors (Lipinski definition) is 39. The Morgan fingerprint density at radius 1 is 0.448 bits per heavy atom. The molecular formula is C56H97NO39. The number of carbonyl (C=O) groups is 1. The summed E-state index contributed by atoms with van der Waals surface area (Å²) in [6.45, 7) is 0.754. The van der Waals surface area contributed by atoms with Gasteiger partial charge in [0.1, 0.15) is 140 Å². The summed E-state index contributed by atoms with van der Waals surface area (Å²) >= 11 is 0. The van der Waals surface area contributed by atoms with E-state index in [1.807, 2.05) is 0 Å². The molecule has 8 rings (SSSR count). The molecule has 8 saturated heterocycles. The zero-order valence-corrected chi connectivity index (χ0v) is 52.7. The molecule has 0 aliphatic carbocycles. The number of ether oxygens (including phenoxy) is 15. The Labute approximate surface area is 547 Å².